The summed E-state index contributed by atoms with van der Waals surface area (Å²) in [7, 11) is 1.59. The molecule has 0 radical (unpaired) electrons. The van der Waals surface area contributed by atoms with Crippen molar-refractivity contribution in [2.45, 2.75) is 37.3 Å². The minimum Gasteiger partial charge on any atom is -0.370 e. The van der Waals surface area contributed by atoms with Crippen molar-refractivity contribution in [2.24, 2.45) is 10.9 Å². The van der Waals surface area contributed by atoms with Crippen molar-refractivity contribution in [3.05, 3.63) is 64.5 Å². The number of nitrogens with zero attached hydrogens (tertiary/aromatic N) is 2. The van der Waals surface area contributed by atoms with Gasteiger partial charge in [-0.25, -0.2) is 4.98 Å². The monoisotopic (exact) mass is 401 g/mol. The minimum absolute atomic E-state index is 0.121. The van der Waals surface area contributed by atoms with Crippen LogP contribution in [0.25, 0.3) is 0 Å². The number of carbonyl (C=O) groups is 1. The Labute approximate surface area is 167 Å². The highest BCUT2D eigenvalue weighted by atomic mass is 19.4. The Morgan fingerprint density at radius 2 is 2.03 bits per heavy atom. The fourth-order valence-corrected chi connectivity index (χ4v) is 4.07. The summed E-state index contributed by atoms with van der Waals surface area (Å²) in [4.78, 5) is 20.7. The molecular weight excluding hydrogens is 379 g/mol. The van der Waals surface area contributed by atoms with Gasteiger partial charge in [0.2, 0.25) is 0 Å². The molecule has 0 spiro atoms. The number of aromatic nitrogens is 1. The number of pyridine rings is 1. The maximum atomic E-state index is 13.5. The highest BCUT2D eigenvalue weighted by molar-refractivity contribution is 6.01. The molecule has 0 aliphatic heterocycles. The quantitative estimate of drug-likeness (QED) is 0.470. The number of aliphatic imine (C=N–C) groups is 1. The summed E-state index contributed by atoms with van der Waals surface area (Å²) in [6.45, 7) is 0.706. The zero-order chi connectivity index (χ0) is 20.6. The van der Waals surface area contributed by atoms with Crippen LogP contribution in [-0.2, 0) is 22.8 Å². The number of halogens is 3. The molecule has 2 aliphatic rings. The van der Waals surface area contributed by atoms with Gasteiger partial charge in [-0.3, -0.25) is 4.99 Å². The molecule has 1 saturated carbocycles. The minimum atomic E-state index is -4.60. The average Bonchev–Trinajstić information content (AvgIpc) is 3.47. The third kappa shape index (κ3) is 3.54. The van der Waals surface area contributed by atoms with E-state index in [0.29, 0.717) is 36.7 Å². The highest BCUT2D eigenvalue weighted by Gasteiger charge is 2.45. The maximum Gasteiger partial charge on any atom is 0.433 e. The van der Waals surface area contributed by atoms with Gasteiger partial charge >= 0.3 is 6.18 Å². The van der Waals surface area contributed by atoms with Crippen molar-refractivity contribution in [1.29, 1.82) is 0 Å². The molecule has 2 aliphatic carbocycles. The predicted molar refractivity (Wildman–Crippen MR) is 104 cm³/mol. The first kappa shape index (κ1) is 19.6. The lowest BCUT2D eigenvalue weighted by Gasteiger charge is -2.27. The van der Waals surface area contributed by atoms with Crippen LogP contribution in [0.1, 0.15) is 47.3 Å². The molecule has 29 heavy (non-hydrogen) atoms. The second kappa shape index (κ2) is 7.28. The number of benzene rings is 1. The number of aryl methyl sites for hydroxylation is 1. The summed E-state index contributed by atoms with van der Waals surface area (Å²) in [5.74, 6) is 1.03. The molecule has 0 bridgehead atoms. The highest BCUT2D eigenvalue weighted by Crippen LogP contribution is 2.44. The van der Waals surface area contributed by atoms with Crippen LogP contribution in [0.4, 0.5) is 13.2 Å². The number of hydrogen-bond donors (Lipinski definition) is 1. The molecule has 2 aromatic rings. The van der Waals surface area contributed by atoms with Gasteiger partial charge in [-0.05, 0) is 54.9 Å². The summed E-state index contributed by atoms with van der Waals surface area (Å²) in [5, 5.41) is 3.25. The molecule has 1 unspecified atom stereocenters. The molecule has 7 heteroatoms. The van der Waals surface area contributed by atoms with Crippen molar-refractivity contribution in [1.82, 2.24) is 10.3 Å². The van der Waals surface area contributed by atoms with Gasteiger partial charge in [-0.2, -0.15) is 13.2 Å². The number of hydrogen-bond acceptors (Lipinski definition) is 3. The molecule has 152 valence electrons. The fourth-order valence-electron chi connectivity index (χ4n) is 4.07. The standard InChI is InChI=1S/C22H22F3N3O/c1-26-20(27-12-14-6-7-14)16-8-9-18(22(23,24)25)28-19(16)21(13-29)11-10-15-4-2-3-5-17(15)21/h2-5,8-9,13-14H,6-7,10-12H2,1H3,(H,26,27). The molecule has 4 rings (SSSR count). The van der Waals surface area contributed by atoms with E-state index in [1.165, 1.54) is 6.07 Å². The molecule has 1 aromatic heterocycles. The Hall–Kier alpha value is -2.70. The van der Waals surface area contributed by atoms with Crippen LogP contribution in [0, 0.1) is 5.92 Å². The number of amidine groups is 1. The van der Waals surface area contributed by atoms with Crippen molar-refractivity contribution in [2.75, 3.05) is 13.6 Å². The van der Waals surface area contributed by atoms with E-state index in [9.17, 15) is 18.0 Å². The number of fused-ring (bicyclic) bond motifs is 1. The molecule has 1 heterocycles. The summed E-state index contributed by atoms with van der Waals surface area (Å²) in [6, 6.07) is 9.74. The van der Waals surface area contributed by atoms with Gasteiger partial charge in [0, 0.05) is 19.2 Å². The van der Waals surface area contributed by atoms with Gasteiger partial charge < -0.3 is 10.1 Å². The summed E-state index contributed by atoms with van der Waals surface area (Å²) in [6.07, 6.45) is -0.585. The molecule has 1 fully saturated rings. The van der Waals surface area contributed by atoms with E-state index in [1.54, 1.807) is 13.1 Å². The Morgan fingerprint density at radius 1 is 1.28 bits per heavy atom. The first-order chi connectivity index (χ1) is 13.9. The van der Waals surface area contributed by atoms with Gasteiger partial charge in [0.1, 0.15) is 17.8 Å². The van der Waals surface area contributed by atoms with Crippen LogP contribution < -0.4 is 5.32 Å². The zero-order valence-corrected chi connectivity index (χ0v) is 16.1. The molecule has 1 aromatic carbocycles. The first-order valence-corrected chi connectivity index (χ1v) is 9.73. The van der Waals surface area contributed by atoms with Gasteiger partial charge in [0.15, 0.2) is 0 Å². The topological polar surface area (TPSA) is 54.4 Å². The smallest absolute Gasteiger partial charge is 0.370 e. The van der Waals surface area contributed by atoms with Crippen LogP contribution in [0.15, 0.2) is 41.4 Å². The van der Waals surface area contributed by atoms with Crippen LogP contribution in [0.2, 0.25) is 0 Å². The fraction of sp³-hybridized carbons (Fsp3) is 0.409. The third-order valence-electron chi connectivity index (χ3n) is 5.83. The molecule has 1 N–H and O–H groups in total. The van der Waals surface area contributed by atoms with Gasteiger partial charge in [0.25, 0.3) is 0 Å². The second-order valence-electron chi connectivity index (χ2n) is 7.73. The van der Waals surface area contributed by atoms with Gasteiger partial charge in [0.05, 0.1) is 11.1 Å². The molecule has 1 atom stereocenters. The Balaban J connectivity index is 1.88. The SMILES string of the molecule is CN=C(NCC1CC1)c1ccc(C(F)(F)F)nc1C1(C=O)CCc2ccccc21. The number of carbonyl (C=O) groups excluding carboxylic acids is 1. The van der Waals surface area contributed by atoms with Crippen molar-refractivity contribution in [3.63, 3.8) is 0 Å². The Bertz CT molecular complexity index is 966. The van der Waals surface area contributed by atoms with E-state index in [2.05, 4.69) is 15.3 Å². The van der Waals surface area contributed by atoms with E-state index >= 15 is 0 Å². The van der Waals surface area contributed by atoms with E-state index in [4.69, 9.17) is 0 Å². The van der Waals surface area contributed by atoms with Crippen molar-refractivity contribution in [3.8, 4) is 0 Å². The lowest BCUT2D eigenvalue weighted by Crippen LogP contribution is -2.35. The number of aldehydes is 1. The van der Waals surface area contributed by atoms with Crippen molar-refractivity contribution >= 4 is 12.1 Å². The number of alkyl halides is 3. The Morgan fingerprint density at radius 3 is 2.69 bits per heavy atom. The van der Waals surface area contributed by atoms with Crippen LogP contribution >= 0.6 is 0 Å². The summed E-state index contributed by atoms with van der Waals surface area (Å²) in [5.41, 5.74) is 0.0386. The van der Waals surface area contributed by atoms with Gasteiger partial charge in [-0.15, -0.1) is 0 Å². The lowest BCUT2D eigenvalue weighted by molar-refractivity contribution is -0.141. The number of rotatable bonds is 5. The second-order valence-corrected chi connectivity index (χ2v) is 7.73. The van der Waals surface area contributed by atoms with Crippen LogP contribution in [0.3, 0.4) is 0 Å². The van der Waals surface area contributed by atoms with E-state index in [0.717, 1.165) is 36.3 Å². The summed E-state index contributed by atoms with van der Waals surface area (Å²) < 4.78 is 40.4. The first-order valence-electron chi connectivity index (χ1n) is 9.73. The summed E-state index contributed by atoms with van der Waals surface area (Å²) >= 11 is 0. The normalized spacial score (nSPS) is 21.7. The largest absolute Gasteiger partial charge is 0.433 e. The Kier molecular flexibility index (Phi) is 4.92. The molecule has 0 saturated heterocycles. The van der Waals surface area contributed by atoms with Crippen molar-refractivity contribution < 1.29 is 18.0 Å². The maximum absolute atomic E-state index is 13.5. The molecule has 4 nitrogen and oxygen atoms in total. The lowest BCUT2D eigenvalue weighted by atomic mass is 9.77. The number of nitrogens with one attached hydrogen (secondary N) is 1. The van der Waals surface area contributed by atoms with Crippen LogP contribution in [0.5, 0.6) is 0 Å². The van der Waals surface area contributed by atoms with E-state index in [-0.39, 0.29) is 5.69 Å². The zero-order valence-electron chi connectivity index (χ0n) is 16.1. The van der Waals surface area contributed by atoms with E-state index in [1.807, 2.05) is 18.2 Å². The third-order valence-corrected chi connectivity index (χ3v) is 5.83. The van der Waals surface area contributed by atoms with E-state index < -0.39 is 17.3 Å². The average molecular weight is 401 g/mol. The molecular formula is C22H22F3N3O. The van der Waals surface area contributed by atoms with Crippen LogP contribution in [-0.4, -0.2) is 30.7 Å². The molecule has 0 amide bonds. The van der Waals surface area contributed by atoms with Gasteiger partial charge in [-0.1, -0.05) is 24.3 Å². The predicted octanol–water partition coefficient (Wildman–Crippen LogP) is 3.91.